The molecule has 7 atom stereocenters. The van der Waals surface area contributed by atoms with Gasteiger partial charge >= 0.3 is 0 Å². The van der Waals surface area contributed by atoms with E-state index in [4.69, 9.17) is 0 Å². The number of hydrogen-bond acceptors (Lipinski definition) is 3. The smallest absolute Gasteiger partial charge is 0.0877 e. The topological polar surface area (TPSA) is 35.3 Å². The highest BCUT2D eigenvalue weighted by Crippen LogP contribution is 2.63. The van der Waals surface area contributed by atoms with Gasteiger partial charge in [0.25, 0.3) is 0 Å². The van der Waals surface area contributed by atoms with Crippen LogP contribution in [0.4, 0.5) is 0 Å². The lowest BCUT2D eigenvalue weighted by atomic mass is 9.76. The molecule has 0 amide bonds. The Hall–Kier alpha value is -0.120. The maximum atomic E-state index is 9.35. The molecule has 1 aliphatic carbocycles. The molecule has 7 rings (SSSR count). The van der Waals surface area contributed by atoms with Gasteiger partial charge in [0, 0.05) is 18.1 Å². The van der Waals surface area contributed by atoms with Crippen molar-refractivity contribution in [3.05, 3.63) is 0 Å². The van der Waals surface area contributed by atoms with Crippen molar-refractivity contribution >= 4 is 0 Å². The molecule has 3 heteroatoms. The van der Waals surface area contributed by atoms with E-state index in [1.807, 2.05) is 0 Å². The van der Waals surface area contributed by atoms with E-state index < -0.39 is 0 Å². The van der Waals surface area contributed by atoms with Crippen molar-refractivity contribution < 1.29 is 5.11 Å². The van der Waals surface area contributed by atoms with Crippen LogP contribution in [0.1, 0.15) is 0 Å². The zero-order valence-corrected chi connectivity index (χ0v) is 4.86. The normalized spacial score (nSPS) is 87.0. The minimum absolute atomic E-state index is 0.00463. The third-order valence-electron chi connectivity index (χ3n) is 3.41. The van der Waals surface area contributed by atoms with Crippen molar-refractivity contribution in [2.75, 3.05) is 0 Å². The molecule has 4 bridgehead atoms. The van der Waals surface area contributed by atoms with Crippen LogP contribution in [0.2, 0.25) is 0 Å². The molecule has 6 saturated heterocycles. The Morgan fingerprint density at radius 2 is 1.67 bits per heavy atom. The fourth-order valence-corrected chi connectivity index (χ4v) is 2.79. The third kappa shape index (κ3) is 0.212. The summed E-state index contributed by atoms with van der Waals surface area (Å²) in [5.74, 6) is 0. The van der Waals surface area contributed by atoms with Gasteiger partial charge in [0.1, 0.15) is 0 Å². The molecule has 7 aliphatic rings. The molecule has 7 fully saturated rings. The summed E-state index contributed by atoms with van der Waals surface area (Å²) in [6.07, 6.45) is -0.00463. The number of piperazine rings is 1. The molecule has 9 heavy (non-hydrogen) atoms. The van der Waals surface area contributed by atoms with E-state index in [1.54, 1.807) is 0 Å². The number of rotatable bonds is 0. The molecule has 6 aliphatic heterocycles. The van der Waals surface area contributed by atoms with Crippen LogP contribution in [0, 0.1) is 0 Å². The first-order valence-electron chi connectivity index (χ1n) is 3.61. The predicted molar refractivity (Wildman–Crippen MR) is 29.9 cm³/mol. The van der Waals surface area contributed by atoms with Gasteiger partial charge < -0.3 is 10.4 Å². The first kappa shape index (κ1) is 3.91. The number of nitrogens with zero attached hydrogens (tertiary/aromatic N) is 1. The lowest BCUT2D eigenvalue weighted by molar-refractivity contribution is -0.0477. The monoisotopic (exact) mass is 124 g/mol. The van der Waals surface area contributed by atoms with Crippen LogP contribution in [0.15, 0.2) is 0 Å². The summed E-state index contributed by atoms with van der Waals surface area (Å²) in [5, 5.41) is 12.7. The Morgan fingerprint density at radius 3 is 2.00 bits per heavy atom. The molecule has 0 radical (unpaired) electrons. The van der Waals surface area contributed by atoms with Crippen LogP contribution >= 0.6 is 0 Å². The Labute approximate surface area is 52.6 Å². The van der Waals surface area contributed by atoms with Gasteiger partial charge in [0.15, 0.2) is 0 Å². The molecule has 2 N–H and O–H groups in total. The molecule has 0 spiro atoms. The van der Waals surface area contributed by atoms with E-state index in [-0.39, 0.29) is 6.10 Å². The number of nitrogens with one attached hydrogen (secondary N) is 1. The first-order chi connectivity index (χ1) is 4.39. The van der Waals surface area contributed by atoms with Crippen molar-refractivity contribution in [3.8, 4) is 0 Å². The first-order valence-corrected chi connectivity index (χ1v) is 3.61. The maximum Gasteiger partial charge on any atom is 0.0877 e. The number of hydrogen-bond donors (Lipinski definition) is 2. The second kappa shape index (κ2) is 0.779. The molecule has 6 heterocycles. The van der Waals surface area contributed by atoms with E-state index in [1.165, 1.54) is 0 Å². The highest BCUT2D eigenvalue weighted by molar-refractivity contribution is 5.43. The van der Waals surface area contributed by atoms with Crippen molar-refractivity contribution in [1.82, 2.24) is 10.2 Å². The van der Waals surface area contributed by atoms with Gasteiger partial charge in [-0.15, -0.1) is 0 Å². The van der Waals surface area contributed by atoms with Crippen molar-refractivity contribution in [2.24, 2.45) is 0 Å². The van der Waals surface area contributed by atoms with Crippen molar-refractivity contribution in [1.29, 1.82) is 0 Å². The zero-order valence-electron chi connectivity index (χ0n) is 4.86. The summed E-state index contributed by atoms with van der Waals surface area (Å²) < 4.78 is 0. The summed E-state index contributed by atoms with van der Waals surface area (Å²) in [6.45, 7) is 0. The molecule has 0 aromatic rings. The average molecular weight is 124 g/mol. The van der Waals surface area contributed by atoms with Crippen LogP contribution in [0.5, 0.6) is 0 Å². The second-order valence-corrected chi connectivity index (χ2v) is 3.63. The number of aliphatic hydroxyl groups excluding tert-OH is 1. The maximum absolute atomic E-state index is 9.35. The Balaban J connectivity index is 1.85. The summed E-state index contributed by atoms with van der Waals surface area (Å²) in [5.41, 5.74) is 0. The summed E-state index contributed by atoms with van der Waals surface area (Å²) >= 11 is 0. The van der Waals surface area contributed by atoms with Crippen molar-refractivity contribution in [2.45, 2.75) is 36.3 Å². The minimum Gasteiger partial charge on any atom is -0.390 e. The molecule has 3 nitrogen and oxygen atoms in total. The SMILES string of the molecule is OC1[C@H]2N[C@@H]1[C@H]1C3[C@@H]2N31. The van der Waals surface area contributed by atoms with Gasteiger partial charge in [-0.3, -0.25) is 4.90 Å². The predicted octanol–water partition coefficient (Wildman–Crippen LogP) is -1.86. The van der Waals surface area contributed by atoms with E-state index in [2.05, 4.69) is 10.2 Å². The van der Waals surface area contributed by atoms with E-state index in [0.29, 0.717) is 12.1 Å². The van der Waals surface area contributed by atoms with E-state index in [0.717, 1.165) is 18.1 Å². The Morgan fingerprint density at radius 1 is 1.11 bits per heavy atom. The minimum atomic E-state index is -0.00463. The van der Waals surface area contributed by atoms with Gasteiger partial charge in [0.05, 0.1) is 18.2 Å². The lowest BCUT2D eigenvalue weighted by Crippen LogP contribution is -2.78. The summed E-state index contributed by atoms with van der Waals surface area (Å²) in [7, 11) is 0. The fraction of sp³-hybridized carbons (Fsp3) is 1.00. The Kier molecular flexibility index (Phi) is 0.338. The van der Waals surface area contributed by atoms with E-state index >= 15 is 0 Å². The molecule has 1 saturated carbocycles. The summed E-state index contributed by atoms with van der Waals surface area (Å²) in [6, 6.07) is 3.30. The average Bonchev–Trinajstić information content (AvgIpc) is 2.73. The van der Waals surface area contributed by atoms with Crippen LogP contribution in [0.3, 0.4) is 0 Å². The van der Waals surface area contributed by atoms with Crippen LogP contribution in [0.25, 0.3) is 0 Å². The molecule has 0 aromatic heterocycles. The largest absolute Gasteiger partial charge is 0.390 e. The van der Waals surface area contributed by atoms with Gasteiger partial charge in [-0.25, -0.2) is 0 Å². The van der Waals surface area contributed by atoms with Crippen LogP contribution in [-0.2, 0) is 0 Å². The second-order valence-electron chi connectivity index (χ2n) is 3.63. The van der Waals surface area contributed by atoms with Gasteiger partial charge in [-0.1, -0.05) is 0 Å². The highest BCUT2D eigenvalue weighted by atomic mass is 16.3. The highest BCUT2D eigenvalue weighted by Gasteiger charge is 2.85. The van der Waals surface area contributed by atoms with Gasteiger partial charge in [-0.05, 0) is 0 Å². The zero-order chi connectivity index (χ0) is 5.75. The third-order valence-corrected chi connectivity index (χ3v) is 3.41. The summed E-state index contributed by atoms with van der Waals surface area (Å²) in [4.78, 5) is 2.50. The molecular weight excluding hydrogens is 116 g/mol. The molecule has 48 valence electrons. The fourth-order valence-electron chi connectivity index (χ4n) is 2.79. The van der Waals surface area contributed by atoms with Gasteiger partial charge in [0.2, 0.25) is 0 Å². The Bertz CT molecular complexity index is 175. The van der Waals surface area contributed by atoms with Crippen LogP contribution in [-0.4, -0.2) is 46.3 Å². The lowest BCUT2D eigenvalue weighted by Gasteiger charge is -2.51. The molecular formula is C6H8N2O. The number of aliphatic hydroxyl groups is 1. The van der Waals surface area contributed by atoms with Crippen LogP contribution < -0.4 is 5.32 Å². The standard InChI is InChI=1S/C6H8N2O/c9-6-1-3-5-4(8(3)5)2(6)7-1/h1-7,9H/t1-,2+,3+,4-,5?,6?,8?. The quantitative estimate of drug-likeness (QED) is 0.372. The molecule has 3 unspecified atom stereocenters. The van der Waals surface area contributed by atoms with E-state index in [9.17, 15) is 5.11 Å². The van der Waals surface area contributed by atoms with Gasteiger partial charge in [-0.2, -0.15) is 0 Å². The molecule has 0 aromatic carbocycles. The van der Waals surface area contributed by atoms with Crippen molar-refractivity contribution in [3.63, 3.8) is 0 Å². The number of piperidine rings is 2.